The number of carbonyl (C=O) groups excluding carboxylic acids is 9. The van der Waals surface area contributed by atoms with Gasteiger partial charge < -0.3 is 84.8 Å². The van der Waals surface area contributed by atoms with E-state index in [1.165, 1.54) is 46.1 Å². The van der Waals surface area contributed by atoms with E-state index < -0.39 is 80.6 Å². The first-order valence-electron chi connectivity index (χ1n) is 36.2. The Hall–Kier alpha value is -10.6. The number of amides is 8. The Bertz CT molecular complexity index is 3750. The molecule has 0 radical (unpaired) electrons. The normalized spacial score (nSPS) is 11.1. The molecule has 6 aromatic carbocycles. The van der Waals surface area contributed by atoms with E-state index in [-0.39, 0.29) is 115 Å². The second kappa shape index (κ2) is 45.7. The Morgan fingerprint density at radius 1 is 0.271 bits per heavy atom. The lowest BCUT2D eigenvalue weighted by molar-refractivity contribution is -0.148. The molecule has 0 heterocycles. The van der Waals surface area contributed by atoms with Gasteiger partial charge in [0.15, 0.2) is 0 Å². The molecule has 26 heteroatoms. The molecule has 1 atom stereocenters. The van der Waals surface area contributed by atoms with Gasteiger partial charge in [-0.15, -0.1) is 0 Å². The summed E-state index contributed by atoms with van der Waals surface area (Å²) in [6.45, 7) is -0.0815. The van der Waals surface area contributed by atoms with Crippen molar-refractivity contribution in [1.82, 2.24) is 39.2 Å². The molecule has 107 heavy (non-hydrogen) atoms. The van der Waals surface area contributed by atoms with Crippen molar-refractivity contribution in [3.63, 3.8) is 0 Å². The van der Waals surface area contributed by atoms with Crippen molar-refractivity contribution in [3.8, 4) is 34.5 Å². The average Bonchev–Trinajstić information content (AvgIpc) is 0.853. The predicted molar refractivity (Wildman–Crippen MR) is 409 cm³/mol. The monoisotopic (exact) mass is 1480 g/mol. The van der Waals surface area contributed by atoms with E-state index >= 15 is 14.4 Å². The van der Waals surface area contributed by atoms with Crippen LogP contribution in [0, 0.1) is 5.92 Å². The number of ketones is 1. The predicted octanol–water partition coefficient (Wildman–Crippen LogP) is 5.00. The van der Waals surface area contributed by atoms with Crippen molar-refractivity contribution >= 4 is 53.0 Å². The van der Waals surface area contributed by atoms with Crippen LogP contribution >= 0.6 is 0 Å². The van der Waals surface area contributed by atoms with Crippen molar-refractivity contribution in [1.29, 1.82) is 0 Å². The van der Waals surface area contributed by atoms with Gasteiger partial charge in [0.25, 0.3) is 0 Å². The first kappa shape index (κ1) is 85.4. The largest absolute Gasteiger partial charge is 0.497 e. The van der Waals surface area contributed by atoms with E-state index in [9.17, 15) is 28.8 Å². The quantitative estimate of drug-likeness (QED) is 0.0452. The second-order valence-electron chi connectivity index (χ2n) is 26.3. The lowest BCUT2D eigenvalue weighted by Crippen LogP contribution is -2.53. The molecule has 6 rings (SSSR count). The Kier molecular flexibility index (Phi) is 36.5. The Labute approximate surface area is 629 Å². The fourth-order valence-corrected chi connectivity index (χ4v) is 11.9. The van der Waals surface area contributed by atoms with Crippen LogP contribution in [0.1, 0.15) is 60.1 Å². The van der Waals surface area contributed by atoms with Crippen LogP contribution in [0.25, 0.3) is 0 Å². The first-order valence-corrected chi connectivity index (χ1v) is 36.2. The van der Waals surface area contributed by atoms with Crippen LogP contribution in [-0.4, -0.2) is 259 Å². The van der Waals surface area contributed by atoms with Crippen LogP contribution in [-0.2, 0) is 81.7 Å². The molecule has 0 spiro atoms. The molecule has 0 aliphatic carbocycles. The van der Waals surface area contributed by atoms with E-state index in [2.05, 4.69) is 0 Å². The number of carbonyl (C=O) groups is 9. The smallest absolute Gasteiger partial charge is 0.242 e. The van der Waals surface area contributed by atoms with E-state index in [0.717, 1.165) is 33.4 Å². The standard InChI is InChI=1S/C81H109N11O15/c1-60(33-40-82)51-74(94)86(44-35-63-11-23-69(103-4)24-12-63)53-76(96)89(47-38-66-17-29-72(106-7)30-18-66)56-80(100)92(50-42-84)59-79(99)88(46-37-65-15-27-71(105-6)28-16-65)55-77(97)90(48-39-67-19-31-73(107-8)32-20-67)57-81(101)91(49-41-83)58-78(98)87(45-36-64-13-25-70(104-5)26-14-64)54-75(95)85(52-61(2)93)43-34-62-9-21-68(102-3)22-10-62/h9-32,60H,33-59,82-84H2,1-8H3. The minimum absolute atomic E-state index is 0.0389. The number of benzene rings is 6. The van der Waals surface area contributed by atoms with Gasteiger partial charge in [0.2, 0.25) is 47.3 Å². The van der Waals surface area contributed by atoms with E-state index in [0.29, 0.717) is 73.1 Å². The number of hydrogen-bond acceptors (Lipinski definition) is 18. The third-order valence-corrected chi connectivity index (χ3v) is 18.5. The molecular weight excluding hydrogens is 1370 g/mol. The topological polar surface area (TPSA) is 313 Å². The van der Waals surface area contributed by atoms with Gasteiger partial charge in [0.1, 0.15) is 40.3 Å². The summed E-state index contributed by atoms with van der Waals surface area (Å²) in [5.74, 6) is -0.964. The van der Waals surface area contributed by atoms with Gasteiger partial charge in [-0.25, -0.2) is 0 Å². The van der Waals surface area contributed by atoms with Crippen molar-refractivity contribution in [2.24, 2.45) is 23.1 Å². The lowest BCUT2D eigenvalue weighted by Gasteiger charge is -2.33. The van der Waals surface area contributed by atoms with E-state index in [4.69, 9.17) is 45.6 Å². The minimum atomic E-state index is -0.654. The Morgan fingerprint density at radius 3 is 0.617 bits per heavy atom. The summed E-state index contributed by atoms with van der Waals surface area (Å²) in [7, 11) is 9.33. The molecule has 6 N–H and O–H groups in total. The molecule has 0 aromatic heterocycles. The van der Waals surface area contributed by atoms with Gasteiger partial charge in [0.05, 0.1) is 95.0 Å². The van der Waals surface area contributed by atoms with Crippen molar-refractivity contribution < 1.29 is 71.6 Å². The van der Waals surface area contributed by atoms with Crippen LogP contribution in [0.15, 0.2) is 146 Å². The summed E-state index contributed by atoms with van der Waals surface area (Å²) in [6, 6.07) is 43.7. The molecule has 0 fully saturated rings. The molecule has 26 nitrogen and oxygen atoms in total. The van der Waals surface area contributed by atoms with Gasteiger partial charge in [-0.3, -0.25) is 43.2 Å². The Morgan fingerprint density at radius 2 is 0.449 bits per heavy atom. The van der Waals surface area contributed by atoms with Crippen LogP contribution in [0.5, 0.6) is 34.5 Å². The molecule has 0 aliphatic heterocycles. The summed E-state index contributed by atoms with van der Waals surface area (Å²) in [6.07, 6.45) is 2.65. The number of Topliss-reactive ketones (excluding diaryl/α,β-unsaturated/α-hetero) is 1. The third-order valence-electron chi connectivity index (χ3n) is 18.5. The molecule has 0 aliphatic rings. The van der Waals surface area contributed by atoms with Gasteiger partial charge in [-0.05, 0) is 171 Å². The molecular formula is C81H109N11O15. The van der Waals surface area contributed by atoms with E-state index in [1.54, 1.807) is 103 Å². The van der Waals surface area contributed by atoms with E-state index in [1.807, 2.05) is 91.9 Å². The number of nitrogens with two attached hydrogens (primary N) is 3. The zero-order valence-corrected chi connectivity index (χ0v) is 63.5. The van der Waals surface area contributed by atoms with Crippen LogP contribution in [0.2, 0.25) is 0 Å². The highest BCUT2D eigenvalue weighted by molar-refractivity contribution is 5.94. The summed E-state index contributed by atoms with van der Waals surface area (Å²) in [4.78, 5) is 143. The number of hydrogen-bond donors (Lipinski definition) is 3. The molecule has 0 bridgehead atoms. The fraction of sp³-hybridized carbons (Fsp3) is 0.444. The number of nitrogens with zero attached hydrogens (tertiary/aromatic N) is 8. The van der Waals surface area contributed by atoms with Gasteiger partial charge in [0, 0.05) is 71.9 Å². The molecule has 8 amide bonds. The maximum Gasteiger partial charge on any atom is 0.242 e. The Balaban J connectivity index is 1.30. The number of methoxy groups -OCH3 is 6. The van der Waals surface area contributed by atoms with Crippen molar-refractivity contribution in [3.05, 3.63) is 179 Å². The highest BCUT2D eigenvalue weighted by atomic mass is 16.5. The van der Waals surface area contributed by atoms with Crippen LogP contribution in [0.4, 0.5) is 0 Å². The van der Waals surface area contributed by atoms with Gasteiger partial charge >= 0.3 is 0 Å². The lowest BCUT2D eigenvalue weighted by atomic mass is 10.0. The van der Waals surface area contributed by atoms with Gasteiger partial charge in [-0.2, -0.15) is 0 Å². The zero-order valence-electron chi connectivity index (χ0n) is 63.5. The highest BCUT2D eigenvalue weighted by Gasteiger charge is 2.32. The molecule has 0 saturated carbocycles. The summed E-state index contributed by atoms with van der Waals surface area (Å²) in [5.41, 5.74) is 23.4. The van der Waals surface area contributed by atoms with Crippen LogP contribution in [0.3, 0.4) is 0 Å². The minimum Gasteiger partial charge on any atom is -0.497 e. The molecule has 578 valence electrons. The van der Waals surface area contributed by atoms with Crippen molar-refractivity contribution in [2.75, 3.05) is 167 Å². The van der Waals surface area contributed by atoms with Crippen LogP contribution < -0.4 is 45.6 Å². The maximum atomic E-state index is 15.3. The molecule has 6 aromatic rings. The molecule has 0 saturated heterocycles. The van der Waals surface area contributed by atoms with Gasteiger partial charge in [-0.1, -0.05) is 79.7 Å². The SMILES string of the molecule is COc1ccc(CCN(CC(C)=O)C(=O)CN(CCc2ccc(OC)cc2)C(=O)CN(CCN)C(=O)CN(CCc2ccc(OC)cc2)C(=O)CN(CCc2ccc(OC)cc2)C(=O)CN(CCN)C(=O)CN(CCc2ccc(OC)cc2)C(=O)CN(CCc2ccc(OC)cc2)C(=O)CC(C)CCN)cc1. The maximum absolute atomic E-state index is 15.3. The fourth-order valence-electron chi connectivity index (χ4n) is 11.9. The van der Waals surface area contributed by atoms with Crippen molar-refractivity contribution in [2.45, 2.75) is 65.2 Å². The second-order valence-corrected chi connectivity index (χ2v) is 26.3. The summed E-state index contributed by atoms with van der Waals surface area (Å²) in [5, 5.41) is 0. The first-order chi connectivity index (χ1) is 51.6. The third kappa shape index (κ3) is 29.4. The zero-order chi connectivity index (χ0) is 77.6. The number of rotatable bonds is 48. The highest BCUT2D eigenvalue weighted by Crippen LogP contribution is 2.21. The number of ether oxygens (including phenoxy) is 6. The summed E-state index contributed by atoms with van der Waals surface area (Å²) >= 11 is 0. The summed E-state index contributed by atoms with van der Waals surface area (Å²) < 4.78 is 32.3. The molecule has 1 unspecified atom stereocenters. The average molecular weight is 1480 g/mol.